The Balaban J connectivity index is 2.30. The second-order valence-electron chi connectivity index (χ2n) is 3.72. The molecule has 0 atom stereocenters. The maximum Gasteiger partial charge on any atom is 0.284 e. The second kappa shape index (κ2) is 5.06. The lowest BCUT2D eigenvalue weighted by molar-refractivity contribution is 0.0977. The highest BCUT2D eigenvalue weighted by molar-refractivity contribution is 7.89. The number of thiazole rings is 1. The Morgan fingerprint density at radius 2 is 2.05 bits per heavy atom. The van der Waals surface area contributed by atoms with Crippen molar-refractivity contribution in [2.24, 2.45) is 0 Å². The van der Waals surface area contributed by atoms with Gasteiger partial charge in [0.1, 0.15) is 16.5 Å². The maximum absolute atomic E-state index is 13.5. The third kappa shape index (κ3) is 3.36. The van der Waals surface area contributed by atoms with E-state index in [1.165, 1.54) is 17.5 Å². The van der Waals surface area contributed by atoms with Crippen molar-refractivity contribution in [3.05, 3.63) is 41.2 Å². The molecule has 2 aromatic rings. The lowest BCUT2D eigenvalue weighted by atomic mass is 10.2. The van der Waals surface area contributed by atoms with E-state index < -0.39 is 21.7 Å². The van der Waals surface area contributed by atoms with Crippen molar-refractivity contribution in [2.75, 3.05) is 6.26 Å². The van der Waals surface area contributed by atoms with Gasteiger partial charge in [0.05, 0.1) is 6.26 Å². The largest absolute Gasteiger partial charge is 0.284 e. The van der Waals surface area contributed by atoms with Crippen LogP contribution in [0.4, 0.5) is 4.39 Å². The summed E-state index contributed by atoms with van der Waals surface area (Å²) in [6.07, 6.45) is 0.870. The zero-order chi connectivity index (χ0) is 14.0. The van der Waals surface area contributed by atoms with E-state index in [-0.39, 0.29) is 11.3 Å². The lowest BCUT2D eigenvalue weighted by Gasteiger charge is -1.99. The first-order chi connectivity index (χ1) is 8.87. The zero-order valence-corrected chi connectivity index (χ0v) is 11.4. The summed E-state index contributed by atoms with van der Waals surface area (Å²) < 4.78 is 37.2. The smallest absolute Gasteiger partial charge is 0.266 e. The van der Waals surface area contributed by atoms with E-state index in [1.54, 1.807) is 16.9 Å². The maximum atomic E-state index is 13.5. The third-order valence-corrected chi connectivity index (χ3v) is 3.55. The number of hydrogen-bond acceptors (Lipinski definition) is 5. The number of carbonyl (C=O) groups is 1. The van der Waals surface area contributed by atoms with Crippen LogP contribution in [0, 0.1) is 5.82 Å². The Bertz CT molecular complexity index is 725. The van der Waals surface area contributed by atoms with Crippen LogP contribution in [0.1, 0.15) is 10.5 Å². The van der Waals surface area contributed by atoms with Crippen LogP contribution in [-0.2, 0) is 10.0 Å². The molecule has 0 unspecified atom stereocenters. The van der Waals surface area contributed by atoms with E-state index >= 15 is 0 Å². The minimum atomic E-state index is -3.64. The fourth-order valence-corrected chi connectivity index (χ4v) is 2.62. The molecule has 0 saturated carbocycles. The molecule has 0 aliphatic carbocycles. The van der Waals surface area contributed by atoms with Crippen LogP contribution < -0.4 is 4.72 Å². The van der Waals surface area contributed by atoms with Gasteiger partial charge in [-0.3, -0.25) is 4.79 Å². The molecule has 0 spiro atoms. The Morgan fingerprint density at radius 1 is 1.37 bits per heavy atom. The molecule has 1 N–H and O–H groups in total. The number of sulfonamides is 1. The summed E-state index contributed by atoms with van der Waals surface area (Å²) in [5, 5.41) is 1.69. The molecule has 1 amide bonds. The fraction of sp³-hybridized carbons (Fsp3) is 0.0909. The van der Waals surface area contributed by atoms with Crippen molar-refractivity contribution in [1.82, 2.24) is 9.71 Å². The number of hydrogen-bond donors (Lipinski definition) is 1. The van der Waals surface area contributed by atoms with E-state index in [2.05, 4.69) is 4.98 Å². The topological polar surface area (TPSA) is 76.1 Å². The van der Waals surface area contributed by atoms with Crippen molar-refractivity contribution < 1.29 is 17.6 Å². The van der Waals surface area contributed by atoms with Gasteiger partial charge in [0, 0.05) is 10.9 Å². The Morgan fingerprint density at radius 3 is 2.68 bits per heavy atom. The molecule has 2 rings (SSSR count). The molecule has 8 heteroatoms. The summed E-state index contributed by atoms with van der Waals surface area (Å²) in [7, 11) is -3.64. The van der Waals surface area contributed by atoms with E-state index in [9.17, 15) is 17.6 Å². The molecule has 0 bridgehead atoms. The molecule has 0 saturated heterocycles. The summed E-state index contributed by atoms with van der Waals surface area (Å²) in [6, 6.07) is 6.01. The van der Waals surface area contributed by atoms with Crippen LogP contribution in [0.15, 0.2) is 29.6 Å². The highest BCUT2D eigenvalue weighted by Crippen LogP contribution is 2.25. The highest BCUT2D eigenvalue weighted by Gasteiger charge is 2.16. The molecule has 1 aromatic heterocycles. The van der Waals surface area contributed by atoms with Gasteiger partial charge in [-0.05, 0) is 12.1 Å². The van der Waals surface area contributed by atoms with E-state index in [0.717, 1.165) is 17.6 Å². The van der Waals surface area contributed by atoms with Crippen LogP contribution >= 0.6 is 11.3 Å². The van der Waals surface area contributed by atoms with Gasteiger partial charge >= 0.3 is 0 Å². The van der Waals surface area contributed by atoms with Gasteiger partial charge in [-0.2, -0.15) is 0 Å². The molecular weight excluding hydrogens is 291 g/mol. The van der Waals surface area contributed by atoms with Crippen molar-refractivity contribution >= 4 is 27.3 Å². The third-order valence-electron chi connectivity index (χ3n) is 2.12. The second-order valence-corrected chi connectivity index (χ2v) is 6.33. The van der Waals surface area contributed by atoms with Crippen molar-refractivity contribution in [1.29, 1.82) is 0 Å². The summed E-state index contributed by atoms with van der Waals surface area (Å²) in [5.74, 6) is -1.28. The van der Waals surface area contributed by atoms with Crippen LogP contribution in [0.2, 0.25) is 0 Å². The van der Waals surface area contributed by atoms with Gasteiger partial charge in [0.25, 0.3) is 5.91 Å². The predicted molar refractivity (Wildman–Crippen MR) is 69.8 cm³/mol. The number of halogens is 1. The molecule has 0 radical (unpaired) electrons. The minimum Gasteiger partial charge on any atom is -0.266 e. The average Bonchev–Trinajstić information content (AvgIpc) is 2.76. The number of nitrogens with zero attached hydrogens (tertiary/aromatic N) is 1. The lowest BCUT2D eigenvalue weighted by Crippen LogP contribution is -2.29. The Hall–Kier alpha value is -1.80. The van der Waals surface area contributed by atoms with Gasteiger partial charge in [-0.1, -0.05) is 12.1 Å². The number of benzene rings is 1. The summed E-state index contributed by atoms with van der Waals surface area (Å²) in [6.45, 7) is 0. The quantitative estimate of drug-likeness (QED) is 0.935. The van der Waals surface area contributed by atoms with E-state index in [0.29, 0.717) is 5.01 Å². The molecule has 19 heavy (non-hydrogen) atoms. The first kappa shape index (κ1) is 13.6. The monoisotopic (exact) mass is 300 g/mol. The Kier molecular flexibility index (Phi) is 3.63. The van der Waals surface area contributed by atoms with Crippen molar-refractivity contribution in [2.45, 2.75) is 0 Å². The number of rotatable bonds is 3. The molecule has 5 nitrogen and oxygen atoms in total. The van der Waals surface area contributed by atoms with Gasteiger partial charge in [-0.25, -0.2) is 22.5 Å². The molecule has 100 valence electrons. The van der Waals surface area contributed by atoms with Crippen LogP contribution in [0.25, 0.3) is 10.6 Å². The summed E-state index contributed by atoms with van der Waals surface area (Å²) in [4.78, 5) is 15.5. The summed E-state index contributed by atoms with van der Waals surface area (Å²) in [5.41, 5.74) is 0.208. The van der Waals surface area contributed by atoms with Crippen LogP contribution in [0.3, 0.4) is 0 Å². The normalized spacial score (nSPS) is 11.3. The van der Waals surface area contributed by atoms with E-state index in [4.69, 9.17) is 0 Å². The molecule has 0 aliphatic heterocycles. The number of nitrogens with one attached hydrogen (secondary N) is 1. The standard InChI is InChI=1S/C11H9FN2O3S2/c1-19(16,17)14-10(15)9-6-18-11(13-9)7-4-2-3-5-8(7)12/h2-6H,1H3,(H,14,15). The number of amides is 1. The highest BCUT2D eigenvalue weighted by atomic mass is 32.2. The minimum absolute atomic E-state index is 0.0614. The molecule has 1 heterocycles. The number of aromatic nitrogens is 1. The average molecular weight is 300 g/mol. The molecule has 1 aromatic carbocycles. The van der Waals surface area contributed by atoms with Crippen molar-refractivity contribution in [3.8, 4) is 10.6 Å². The molecule has 0 aliphatic rings. The zero-order valence-electron chi connectivity index (χ0n) is 9.75. The van der Waals surface area contributed by atoms with E-state index in [1.807, 2.05) is 0 Å². The first-order valence-electron chi connectivity index (χ1n) is 5.09. The fourth-order valence-electron chi connectivity index (χ4n) is 1.36. The molecule has 0 fully saturated rings. The van der Waals surface area contributed by atoms with Crippen LogP contribution in [0.5, 0.6) is 0 Å². The number of carbonyl (C=O) groups excluding carboxylic acids is 1. The SMILES string of the molecule is CS(=O)(=O)NC(=O)c1csc(-c2ccccc2F)n1. The summed E-state index contributed by atoms with van der Waals surface area (Å²) >= 11 is 1.06. The van der Waals surface area contributed by atoms with Crippen LogP contribution in [-0.4, -0.2) is 25.6 Å². The molecular formula is C11H9FN2O3S2. The first-order valence-corrected chi connectivity index (χ1v) is 7.86. The van der Waals surface area contributed by atoms with Gasteiger partial charge < -0.3 is 0 Å². The van der Waals surface area contributed by atoms with Gasteiger partial charge in [0.2, 0.25) is 10.0 Å². The van der Waals surface area contributed by atoms with Gasteiger partial charge in [0.15, 0.2) is 0 Å². The predicted octanol–water partition coefficient (Wildman–Crippen LogP) is 1.64. The van der Waals surface area contributed by atoms with Gasteiger partial charge in [-0.15, -0.1) is 11.3 Å². The Labute approximate surface area is 113 Å². The van der Waals surface area contributed by atoms with Crippen molar-refractivity contribution in [3.63, 3.8) is 0 Å².